The quantitative estimate of drug-likeness (QED) is 0.906. The first-order valence-electron chi connectivity index (χ1n) is 8.81. The summed E-state index contributed by atoms with van der Waals surface area (Å²) in [7, 11) is 0. The molecule has 0 aliphatic carbocycles. The largest absolute Gasteiger partial charge is 0.492 e. The molecule has 0 bridgehead atoms. The number of fused-ring (bicyclic) bond motifs is 4. The van der Waals surface area contributed by atoms with E-state index >= 15 is 0 Å². The number of nitrogens with two attached hydrogens (primary N) is 1. The molecule has 4 rings (SSSR count). The fraction of sp³-hybridized carbons (Fsp3) is 0.450. The van der Waals surface area contributed by atoms with Crippen molar-refractivity contribution in [2.45, 2.75) is 31.9 Å². The van der Waals surface area contributed by atoms with Crippen LogP contribution in [0.15, 0.2) is 36.7 Å². The van der Waals surface area contributed by atoms with E-state index in [0.29, 0.717) is 25.7 Å². The standard InChI is InChI=1S/C20H24N2O3/c1-13(2)7-14(21)10-24-15-3-4-17-16-5-6-22-9-18(16)20(11-23-12-20)25-19(17)8-15/h3-6,8-9,13-14H,7,10-12,21H2,1-2H3. The number of benzene rings is 1. The minimum atomic E-state index is -0.413. The van der Waals surface area contributed by atoms with Crippen molar-refractivity contribution < 1.29 is 14.2 Å². The van der Waals surface area contributed by atoms with E-state index in [1.807, 2.05) is 36.7 Å². The maximum atomic E-state index is 6.32. The van der Waals surface area contributed by atoms with Crippen LogP contribution < -0.4 is 15.2 Å². The van der Waals surface area contributed by atoms with E-state index in [9.17, 15) is 0 Å². The second-order valence-electron chi connectivity index (χ2n) is 7.37. The number of pyridine rings is 1. The van der Waals surface area contributed by atoms with Gasteiger partial charge < -0.3 is 19.9 Å². The zero-order valence-corrected chi connectivity index (χ0v) is 14.7. The Morgan fingerprint density at radius 1 is 1.24 bits per heavy atom. The third kappa shape index (κ3) is 2.98. The smallest absolute Gasteiger partial charge is 0.182 e. The Balaban J connectivity index is 1.58. The lowest BCUT2D eigenvalue weighted by Gasteiger charge is -2.45. The van der Waals surface area contributed by atoms with Gasteiger partial charge in [0, 0.05) is 35.6 Å². The average molecular weight is 340 g/mol. The van der Waals surface area contributed by atoms with Gasteiger partial charge in [0.25, 0.3) is 0 Å². The molecule has 5 nitrogen and oxygen atoms in total. The van der Waals surface area contributed by atoms with E-state index < -0.39 is 5.60 Å². The lowest BCUT2D eigenvalue weighted by Crippen LogP contribution is -2.53. The molecule has 1 atom stereocenters. The molecule has 2 aromatic rings. The van der Waals surface area contributed by atoms with E-state index in [4.69, 9.17) is 19.9 Å². The zero-order valence-electron chi connectivity index (χ0n) is 14.7. The first-order valence-corrected chi connectivity index (χ1v) is 8.81. The van der Waals surface area contributed by atoms with Crippen molar-refractivity contribution in [3.8, 4) is 22.6 Å². The summed E-state index contributed by atoms with van der Waals surface area (Å²) in [6.07, 6.45) is 4.65. The summed E-state index contributed by atoms with van der Waals surface area (Å²) < 4.78 is 17.6. The Morgan fingerprint density at radius 2 is 2.08 bits per heavy atom. The van der Waals surface area contributed by atoms with Gasteiger partial charge in [-0.2, -0.15) is 0 Å². The van der Waals surface area contributed by atoms with E-state index in [-0.39, 0.29) is 6.04 Å². The molecule has 1 fully saturated rings. The molecule has 3 heterocycles. The Bertz CT molecular complexity index is 771. The third-order valence-electron chi connectivity index (χ3n) is 4.77. The fourth-order valence-corrected chi connectivity index (χ4v) is 3.54. The number of hydrogen-bond acceptors (Lipinski definition) is 5. The van der Waals surface area contributed by atoms with Crippen LogP contribution in [0.4, 0.5) is 0 Å². The zero-order chi connectivity index (χ0) is 17.4. The lowest BCUT2D eigenvalue weighted by atomic mass is 9.84. The van der Waals surface area contributed by atoms with Crippen LogP contribution in [0.25, 0.3) is 11.1 Å². The fourth-order valence-electron chi connectivity index (χ4n) is 3.54. The van der Waals surface area contributed by atoms with Gasteiger partial charge in [-0.15, -0.1) is 0 Å². The van der Waals surface area contributed by atoms with Gasteiger partial charge in [0.15, 0.2) is 5.60 Å². The summed E-state index contributed by atoms with van der Waals surface area (Å²) in [4.78, 5) is 4.26. The van der Waals surface area contributed by atoms with Crippen molar-refractivity contribution in [3.63, 3.8) is 0 Å². The summed E-state index contributed by atoms with van der Waals surface area (Å²) in [6, 6.07) is 8.06. The lowest BCUT2D eigenvalue weighted by molar-refractivity contribution is -0.169. The molecule has 0 amide bonds. The predicted octanol–water partition coefficient (Wildman–Crippen LogP) is 3.12. The second-order valence-corrected chi connectivity index (χ2v) is 7.37. The van der Waals surface area contributed by atoms with Crippen molar-refractivity contribution >= 4 is 0 Å². The molecule has 2 N–H and O–H groups in total. The van der Waals surface area contributed by atoms with Crippen LogP contribution in [0.2, 0.25) is 0 Å². The molecule has 0 saturated carbocycles. The summed E-state index contributed by atoms with van der Waals surface area (Å²) in [5, 5.41) is 0. The molecule has 2 aliphatic heterocycles. The van der Waals surface area contributed by atoms with Crippen molar-refractivity contribution in [2.24, 2.45) is 11.7 Å². The summed E-state index contributed by atoms with van der Waals surface area (Å²) in [5.41, 5.74) is 9.02. The first kappa shape index (κ1) is 16.4. The molecule has 1 aromatic heterocycles. The van der Waals surface area contributed by atoms with Crippen molar-refractivity contribution in [3.05, 3.63) is 42.2 Å². The van der Waals surface area contributed by atoms with E-state index in [1.165, 1.54) is 0 Å². The van der Waals surface area contributed by atoms with Crippen LogP contribution in [0, 0.1) is 5.92 Å². The monoisotopic (exact) mass is 340 g/mol. The van der Waals surface area contributed by atoms with Gasteiger partial charge >= 0.3 is 0 Å². The number of nitrogens with zero attached hydrogens (tertiary/aromatic N) is 1. The van der Waals surface area contributed by atoms with E-state index in [2.05, 4.69) is 18.8 Å². The predicted molar refractivity (Wildman–Crippen MR) is 95.7 cm³/mol. The van der Waals surface area contributed by atoms with Crippen LogP contribution in [0.5, 0.6) is 11.5 Å². The van der Waals surface area contributed by atoms with Crippen molar-refractivity contribution in [2.75, 3.05) is 19.8 Å². The molecule has 25 heavy (non-hydrogen) atoms. The normalized spacial score (nSPS) is 18.1. The minimum absolute atomic E-state index is 0.0372. The van der Waals surface area contributed by atoms with Crippen molar-refractivity contribution in [1.82, 2.24) is 4.98 Å². The van der Waals surface area contributed by atoms with E-state index in [1.54, 1.807) is 0 Å². The summed E-state index contributed by atoms with van der Waals surface area (Å²) in [6.45, 7) is 5.94. The number of aromatic nitrogens is 1. The molecular formula is C20H24N2O3. The van der Waals surface area contributed by atoms with Gasteiger partial charge in [-0.05, 0) is 36.1 Å². The van der Waals surface area contributed by atoms with Gasteiger partial charge in [0.1, 0.15) is 18.1 Å². The molecule has 0 radical (unpaired) electrons. The topological polar surface area (TPSA) is 66.6 Å². The summed E-state index contributed by atoms with van der Waals surface area (Å²) in [5.74, 6) is 2.18. The molecule has 132 valence electrons. The van der Waals surface area contributed by atoms with Gasteiger partial charge in [0.05, 0.1) is 13.2 Å². The average Bonchev–Trinajstić information content (AvgIpc) is 2.57. The third-order valence-corrected chi connectivity index (χ3v) is 4.77. The Morgan fingerprint density at radius 3 is 2.80 bits per heavy atom. The highest BCUT2D eigenvalue weighted by Gasteiger charge is 2.47. The highest BCUT2D eigenvalue weighted by atomic mass is 16.6. The Labute approximate surface area is 148 Å². The van der Waals surface area contributed by atoms with Crippen LogP contribution in [-0.2, 0) is 10.3 Å². The summed E-state index contributed by atoms with van der Waals surface area (Å²) >= 11 is 0. The molecule has 5 heteroatoms. The molecule has 1 unspecified atom stereocenters. The van der Waals surface area contributed by atoms with Crippen LogP contribution in [-0.4, -0.2) is 30.8 Å². The van der Waals surface area contributed by atoms with Crippen LogP contribution >= 0.6 is 0 Å². The maximum Gasteiger partial charge on any atom is 0.182 e. The van der Waals surface area contributed by atoms with Gasteiger partial charge in [-0.1, -0.05) is 13.8 Å². The van der Waals surface area contributed by atoms with Gasteiger partial charge in [-0.25, -0.2) is 0 Å². The SMILES string of the molecule is CC(C)CC(N)COc1ccc2c(c1)OC1(COC1)c1cnccc1-2. The highest BCUT2D eigenvalue weighted by molar-refractivity contribution is 5.77. The maximum absolute atomic E-state index is 6.32. The number of rotatable bonds is 5. The Kier molecular flexibility index (Phi) is 4.13. The van der Waals surface area contributed by atoms with Gasteiger partial charge in [0.2, 0.25) is 0 Å². The van der Waals surface area contributed by atoms with Gasteiger partial charge in [-0.3, -0.25) is 4.98 Å². The Hall–Kier alpha value is -2.11. The molecule has 1 spiro atoms. The highest BCUT2D eigenvalue weighted by Crippen LogP contribution is 2.48. The number of ether oxygens (including phenoxy) is 3. The van der Waals surface area contributed by atoms with E-state index in [0.717, 1.165) is 34.6 Å². The molecule has 2 aliphatic rings. The molecule has 1 saturated heterocycles. The molecular weight excluding hydrogens is 316 g/mol. The number of hydrogen-bond donors (Lipinski definition) is 1. The first-order chi connectivity index (χ1) is 12.1. The van der Waals surface area contributed by atoms with Crippen molar-refractivity contribution in [1.29, 1.82) is 0 Å². The van der Waals surface area contributed by atoms with Crippen LogP contribution in [0.1, 0.15) is 25.8 Å². The molecule has 1 aromatic carbocycles. The van der Waals surface area contributed by atoms with Crippen LogP contribution in [0.3, 0.4) is 0 Å². The minimum Gasteiger partial charge on any atom is -0.492 e. The second kappa shape index (κ2) is 6.32.